The van der Waals surface area contributed by atoms with Gasteiger partial charge in [0, 0.05) is 28.2 Å². The van der Waals surface area contributed by atoms with Crippen LogP contribution in [-0.4, -0.2) is 15.4 Å². The molecule has 0 saturated carbocycles. The highest BCUT2D eigenvalue weighted by Crippen LogP contribution is 2.28. The van der Waals surface area contributed by atoms with Crippen LogP contribution in [0.2, 0.25) is 5.02 Å². The Hall–Kier alpha value is -3.12. The van der Waals surface area contributed by atoms with Crippen LogP contribution in [0.25, 0.3) is 16.6 Å². The quantitative estimate of drug-likeness (QED) is 0.499. The van der Waals surface area contributed by atoms with Crippen molar-refractivity contribution in [1.82, 2.24) is 9.38 Å². The van der Waals surface area contributed by atoms with E-state index in [-0.39, 0.29) is 17.9 Å². The molecule has 0 aliphatic rings. The van der Waals surface area contributed by atoms with Gasteiger partial charge >= 0.3 is 5.97 Å². The maximum atomic E-state index is 12.4. The van der Waals surface area contributed by atoms with Crippen LogP contribution in [0.5, 0.6) is 0 Å². The molecule has 136 valence electrons. The van der Waals surface area contributed by atoms with Crippen LogP contribution in [-0.2, 0) is 11.3 Å². The molecule has 3 heterocycles. The van der Waals surface area contributed by atoms with Gasteiger partial charge in [0.25, 0.3) is 5.56 Å². The highest BCUT2D eigenvalue weighted by molar-refractivity contribution is 6.31. The van der Waals surface area contributed by atoms with Crippen molar-refractivity contribution in [3.05, 3.63) is 80.6 Å². The highest BCUT2D eigenvalue weighted by atomic mass is 35.5. The van der Waals surface area contributed by atoms with Crippen molar-refractivity contribution in [2.75, 3.05) is 0 Å². The van der Waals surface area contributed by atoms with Gasteiger partial charge in [0.15, 0.2) is 0 Å². The molecule has 0 fully saturated rings. The first-order valence-corrected chi connectivity index (χ1v) is 8.65. The lowest BCUT2D eigenvalue weighted by atomic mass is 10.1. The number of esters is 1. The zero-order valence-electron chi connectivity index (χ0n) is 14.7. The Labute approximate surface area is 159 Å². The lowest BCUT2D eigenvalue weighted by Gasteiger charge is -2.07. The van der Waals surface area contributed by atoms with Crippen LogP contribution in [0.4, 0.5) is 0 Å². The predicted octanol–water partition coefficient (Wildman–Crippen LogP) is 4.07. The van der Waals surface area contributed by atoms with Gasteiger partial charge in [0.1, 0.15) is 17.8 Å². The van der Waals surface area contributed by atoms with Crippen molar-refractivity contribution in [3.8, 4) is 0 Å². The average Bonchev–Trinajstić information content (AvgIpc) is 2.97. The molecule has 0 atom stereocenters. The molecule has 0 bridgehead atoms. The van der Waals surface area contributed by atoms with Crippen LogP contribution in [0, 0.1) is 13.8 Å². The number of fused-ring (bicyclic) bond motifs is 2. The van der Waals surface area contributed by atoms with Crippen molar-refractivity contribution in [2.24, 2.45) is 0 Å². The third-order valence-electron chi connectivity index (χ3n) is 4.37. The Morgan fingerprint density at radius 2 is 2.07 bits per heavy atom. The van der Waals surface area contributed by atoms with Crippen molar-refractivity contribution in [2.45, 2.75) is 20.5 Å². The zero-order chi connectivity index (χ0) is 19.1. The normalized spacial score (nSPS) is 11.2. The number of aromatic nitrogens is 2. The molecule has 0 N–H and O–H groups in total. The summed E-state index contributed by atoms with van der Waals surface area (Å²) in [5.74, 6) is -0.507. The summed E-state index contributed by atoms with van der Waals surface area (Å²) >= 11 is 6.00. The summed E-state index contributed by atoms with van der Waals surface area (Å²) in [6.45, 7) is 3.50. The number of ether oxygens (including phenoxy) is 1. The minimum Gasteiger partial charge on any atom is -0.453 e. The smallest absolute Gasteiger partial charge is 0.374 e. The Morgan fingerprint density at radius 1 is 1.26 bits per heavy atom. The Balaban J connectivity index is 1.61. The van der Waals surface area contributed by atoms with E-state index in [4.69, 9.17) is 20.8 Å². The lowest BCUT2D eigenvalue weighted by molar-refractivity contribution is 0.0432. The molecule has 4 aromatic rings. The minimum absolute atomic E-state index is 0.112. The molecule has 0 saturated heterocycles. The van der Waals surface area contributed by atoms with Crippen LogP contribution in [0.1, 0.15) is 27.4 Å². The molecule has 7 heteroatoms. The summed E-state index contributed by atoms with van der Waals surface area (Å²) in [4.78, 5) is 29.1. The number of pyridine rings is 1. The van der Waals surface area contributed by atoms with E-state index in [1.165, 1.54) is 10.5 Å². The van der Waals surface area contributed by atoms with Crippen LogP contribution >= 0.6 is 11.6 Å². The SMILES string of the molecule is Cc1c(C(=O)OCc2cc(=O)n3cccc(C)c3n2)oc2ccc(Cl)cc12. The summed E-state index contributed by atoms with van der Waals surface area (Å²) in [7, 11) is 0. The summed E-state index contributed by atoms with van der Waals surface area (Å²) in [5, 5.41) is 1.31. The molecular weight excluding hydrogens is 368 g/mol. The van der Waals surface area contributed by atoms with E-state index in [0.29, 0.717) is 27.5 Å². The molecule has 0 aliphatic carbocycles. The van der Waals surface area contributed by atoms with Crippen molar-refractivity contribution >= 4 is 34.2 Å². The predicted molar refractivity (Wildman–Crippen MR) is 101 cm³/mol. The fraction of sp³-hybridized carbons (Fsp3) is 0.150. The zero-order valence-corrected chi connectivity index (χ0v) is 15.4. The van der Waals surface area contributed by atoms with E-state index >= 15 is 0 Å². The fourth-order valence-electron chi connectivity index (χ4n) is 2.98. The molecule has 1 aromatic carbocycles. The fourth-order valence-corrected chi connectivity index (χ4v) is 3.15. The van der Waals surface area contributed by atoms with Gasteiger partial charge in [-0.2, -0.15) is 0 Å². The van der Waals surface area contributed by atoms with E-state index in [0.717, 1.165) is 10.9 Å². The van der Waals surface area contributed by atoms with Crippen LogP contribution in [0.3, 0.4) is 0 Å². The standard InChI is InChI=1S/C20H15ClN2O4/c1-11-4-3-7-23-17(24)9-14(22-19(11)23)10-26-20(25)18-12(2)15-8-13(21)5-6-16(15)27-18/h3-9H,10H2,1-2H3. The molecule has 0 amide bonds. The molecule has 3 aromatic heterocycles. The van der Waals surface area contributed by atoms with E-state index in [2.05, 4.69) is 4.98 Å². The monoisotopic (exact) mass is 382 g/mol. The molecule has 4 rings (SSSR count). The van der Waals surface area contributed by atoms with E-state index < -0.39 is 5.97 Å². The van der Waals surface area contributed by atoms with Crippen molar-refractivity contribution in [1.29, 1.82) is 0 Å². The van der Waals surface area contributed by atoms with Gasteiger partial charge in [-0.15, -0.1) is 0 Å². The minimum atomic E-state index is -0.619. The number of rotatable bonds is 3. The largest absolute Gasteiger partial charge is 0.453 e. The maximum absolute atomic E-state index is 12.4. The number of hydrogen-bond acceptors (Lipinski definition) is 5. The summed E-state index contributed by atoms with van der Waals surface area (Å²) < 4.78 is 12.4. The highest BCUT2D eigenvalue weighted by Gasteiger charge is 2.19. The van der Waals surface area contributed by atoms with Gasteiger partial charge in [-0.25, -0.2) is 9.78 Å². The maximum Gasteiger partial charge on any atom is 0.374 e. The topological polar surface area (TPSA) is 73.8 Å². The number of hydrogen-bond donors (Lipinski definition) is 0. The van der Waals surface area contributed by atoms with Gasteiger partial charge in [-0.3, -0.25) is 9.20 Å². The third kappa shape index (κ3) is 3.08. The average molecular weight is 383 g/mol. The van der Waals surface area contributed by atoms with Gasteiger partial charge in [-0.1, -0.05) is 17.7 Å². The molecule has 0 radical (unpaired) electrons. The second-order valence-corrected chi connectivity index (χ2v) is 6.68. The van der Waals surface area contributed by atoms with E-state index in [9.17, 15) is 9.59 Å². The number of carbonyl (C=O) groups excluding carboxylic acids is 1. The molecule has 6 nitrogen and oxygen atoms in total. The van der Waals surface area contributed by atoms with Crippen molar-refractivity contribution < 1.29 is 13.9 Å². The first-order valence-electron chi connectivity index (χ1n) is 8.28. The third-order valence-corrected chi connectivity index (χ3v) is 4.61. The Morgan fingerprint density at radius 3 is 2.89 bits per heavy atom. The second kappa shape index (κ2) is 6.55. The summed E-state index contributed by atoms with van der Waals surface area (Å²) in [5.41, 5.74) is 2.74. The Kier molecular flexibility index (Phi) is 4.20. The summed E-state index contributed by atoms with van der Waals surface area (Å²) in [6.07, 6.45) is 1.65. The number of carbonyl (C=O) groups is 1. The van der Waals surface area contributed by atoms with E-state index in [1.54, 1.807) is 37.4 Å². The number of benzene rings is 1. The molecule has 0 spiro atoms. The van der Waals surface area contributed by atoms with Gasteiger partial charge < -0.3 is 9.15 Å². The molecule has 0 unspecified atom stereocenters. The number of aryl methyl sites for hydroxylation is 2. The summed E-state index contributed by atoms with van der Waals surface area (Å²) in [6, 6.07) is 10.1. The molecule has 27 heavy (non-hydrogen) atoms. The van der Waals surface area contributed by atoms with Gasteiger partial charge in [0.05, 0.1) is 5.69 Å². The molecule has 0 aliphatic heterocycles. The molecular formula is C20H15ClN2O4. The Bertz CT molecular complexity index is 1260. The van der Waals surface area contributed by atoms with Crippen LogP contribution < -0.4 is 5.56 Å². The van der Waals surface area contributed by atoms with Crippen LogP contribution in [0.15, 0.2) is 51.8 Å². The number of furan rings is 1. The van der Waals surface area contributed by atoms with Gasteiger partial charge in [0.2, 0.25) is 5.76 Å². The number of halogens is 1. The first kappa shape index (κ1) is 17.3. The van der Waals surface area contributed by atoms with E-state index in [1.807, 2.05) is 13.0 Å². The first-order chi connectivity index (χ1) is 12.9. The number of nitrogens with zero attached hydrogens (tertiary/aromatic N) is 2. The second-order valence-electron chi connectivity index (χ2n) is 6.24. The van der Waals surface area contributed by atoms with Gasteiger partial charge in [-0.05, 0) is 43.7 Å². The van der Waals surface area contributed by atoms with Crippen molar-refractivity contribution in [3.63, 3.8) is 0 Å². The lowest BCUT2D eigenvalue weighted by Crippen LogP contribution is -2.17.